The van der Waals surface area contributed by atoms with E-state index in [1.807, 2.05) is 0 Å². The van der Waals surface area contributed by atoms with Crippen LogP contribution in [0, 0.1) is 17.4 Å². The van der Waals surface area contributed by atoms with Gasteiger partial charge in [0.2, 0.25) is 0 Å². The maximum absolute atomic E-state index is 3.41. The molecule has 0 aliphatic rings. The molecule has 0 aliphatic carbocycles. The molecule has 12 heavy (non-hydrogen) atoms. The molecule has 0 amide bonds. The Morgan fingerprint density at radius 2 is 1.58 bits per heavy atom. The van der Waals surface area contributed by atoms with Crippen LogP contribution in [0.25, 0.3) is 0 Å². The van der Waals surface area contributed by atoms with Gasteiger partial charge in [-0.15, -0.1) is 11.5 Å². The Balaban J connectivity index is 3.84. The van der Waals surface area contributed by atoms with Crippen LogP contribution in [0.2, 0.25) is 19.6 Å². The lowest BCUT2D eigenvalue weighted by atomic mass is 10.0. The monoisotopic (exact) mass is 182 g/mol. The van der Waals surface area contributed by atoms with Crippen molar-refractivity contribution in [2.75, 3.05) is 0 Å². The van der Waals surface area contributed by atoms with Gasteiger partial charge in [-0.2, -0.15) is 0 Å². The topological polar surface area (TPSA) is 0 Å². The molecule has 1 heteroatoms. The maximum atomic E-state index is 3.41. The fourth-order valence-corrected chi connectivity index (χ4v) is 1.67. The quantitative estimate of drug-likeness (QED) is 0.461. The van der Waals surface area contributed by atoms with Gasteiger partial charge >= 0.3 is 0 Å². The third kappa shape index (κ3) is 6.48. The summed E-state index contributed by atoms with van der Waals surface area (Å²) in [5, 5.41) is 0. The fourth-order valence-electron chi connectivity index (χ4n) is 1.04. The predicted octanol–water partition coefficient (Wildman–Crippen LogP) is 3.69. The van der Waals surface area contributed by atoms with Crippen molar-refractivity contribution >= 4 is 8.07 Å². The molecule has 0 radical (unpaired) electrons. The normalized spacial score (nSPS) is 11.2. The van der Waals surface area contributed by atoms with E-state index >= 15 is 0 Å². The van der Waals surface area contributed by atoms with Gasteiger partial charge in [-0.1, -0.05) is 46.3 Å². The summed E-state index contributed by atoms with van der Waals surface area (Å²) in [5.41, 5.74) is 3.41. The van der Waals surface area contributed by atoms with Crippen molar-refractivity contribution in [3.63, 3.8) is 0 Å². The average Bonchev–Trinajstić information content (AvgIpc) is 1.96. The van der Waals surface area contributed by atoms with E-state index < -0.39 is 8.07 Å². The van der Waals surface area contributed by atoms with Crippen LogP contribution in [0.3, 0.4) is 0 Å². The van der Waals surface area contributed by atoms with Gasteiger partial charge in [-0.05, 0) is 5.92 Å². The molecule has 0 bridgehead atoms. The fraction of sp³-hybridized carbons (Fsp3) is 0.818. The van der Waals surface area contributed by atoms with E-state index in [4.69, 9.17) is 0 Å². The van der Waals surface area contributed by atoms with Gasteiger partial charge in [0.1, 0.15) is 8.07 Å². The van der Waals surface area contributed by atoms with Crippen LogP contribution in [0.1, 0.15) is 33.1 Å². The Morgan fingerprint density at radius 1 is 1.08 bits per heavy atom. The molecule has 0 atom stereocenters. The molecular formula is C11H22Si. The molecule has 70 valence electrons. The van der Waals surface area contributed by atoms with Gasteiger partial charge in [0, 0.05) is 6.42 Å². The minimum absolute atomic E-state index is 0.828. The van der Waals surface area contributed by atoms with E-state index in [0.29, 0.717) is 0 Å². The molecule has 0 aromatic carbocycles. The largest absolute Gasteiger partial charge is 0.132 e. The Kier molecular flexibility index (Phi) is 5.33. The maximum Gasteiger partial charge on any atom is 0.129 e. The van der Waals surface area contributed by atoms with Crippen LogP contribution in [-0.2, 0) is 0 Å². The highest BCUT2D eigenvalue weighted by molar-refractivity contribution is 6.83. The predicted molar refractivity (Wildman–Crippen MR) is 59.8 cm³/mol. The van der Waals surface area contributed by atoms with Gasteiger partial charge in [0.25, 0.3) is 0 Å². The summed E-state index contributed by atoms with van der Waals surface area (Å²) < 4.78 is 0. The average molecular weight is 182 g/mol. The summed E-state index contributed by atoms with van der Waals surface area (Å²) in [6, 6.07) is 0. The highest BCUT2D eigenvalue weighted by atomic mass is 28.3. The van der Waals surface area contributed by atoms with Gasteiger partial charge in [0.05, 0.1) is 0 Å². The second-order valence-corrected chi connectivity index (χ2v) is 9.19. The zero-order valence-corrected chi connectivity index (χ0v) is 10.2. The van der Waals surface area contributed by atoms with E-state index in [0.717, 1.165) is 12.3 Å². The Bertz CT molecular complexity index is 162. The molecule has 0 aliphatic heterocycles. The van der Waals surface area contributed by atoms with Crippen molar-refractivity contribution in [3.05, 3.63) is 0 Å². The highest BCUT2D eigenvalue weighted by Crippen LogP contribution is 2.11. The Hall–Kier alpha value is -0.223. The first-order valence-corrected chi connectivity index (χ1v) is 8.49. The molecule has 0 heterocycles. The van der Waals surface area contributed by atoms with E-state index in [1.54, 1.807) is 0 Å². The second-order valence-electron chi connectivity index (χ2n) is 4.44. The lowest BCUT2D eigenvalue weighted by molar-refractivity contribution is 0.507. The van der Waals surface area contributed by atoms with Gasteiger partial charge in [0.15, 0.2) is 0 Å². The molecule has 0 N–H and O–H groups in total. The van der Waals surface area contributed by atoms with E-state index in [9.17, 15) is 0 Å². The van der Waals surface area contributed by atoms with Crippen molar-refractivity contribution in [3.8, 4) is 11.5 Å². The Labute approximate surface area is 78.8 Å². The molecule has 0 unspecified atom stereocenters. The number of hydrogen-bond acceptors (Lipinski definition) is 0. The lowest BCUT2D eigenvalue weighted by Crippen LogP contribution is -2.16. The first-order chi connectivity index (χ1) is 5.49. The third-order valence-electron chi connectivity index (χ3n) is 2.01. The van der Waals surface area contributed by atoms with Gasteiger partial charge in [-0.3, -0.25) is 0 Å². The summed E-state index contributed by atoms with van der Waals surface area (Å²) in [4.78, 5) is 0. The number of hydrogen-bond donors (Lipinski definition) is 0. The summed E-state index contributed by atoms with van der Waals surface area (Å²) in [5.74, 6) is 4.17. The van der Waals surface area contributed by atoms with Crippen molar-refractivity contribution in [2.24, 2.45) is 5.92 Å². The van der Waals surface area contributed by atoms with Gasteiger partial charge in [-0.25, -0.2) is 0 Å². The van der Waals surface area contributed by atoms with Crippen LogP contribution in [0.4, 0.5) is 0 Å². The van der Waals surface area contributed by atoms with Crippen molar-refractivity contribution < 1.29 is 0 Å². The minimum Gasteiger partial charge on any atom is -0.132 e. The van der Waals surface area contributed by atoms with Crippen LogP contribution < -0.4 is 0 Å². The molecule has 0 nitrogen and oxygen atoms in total. The molecular weight excluding hydrogens is 160 g/mol. The molecule has 0 spiro atoms. The SMILES string of the molecule is CCC(CC)CC#C[Si](C)(C)C. The molecule has 0 rings (SSSR count). The summed E-state index contributed by atoms with van der Waals surface area (Å²) >= 11 is 0. The minimum atomic E-state index is -1.11. The standard InChI is InChI=1S/C11H22Si/c1-6-11(7-2)9-8-10-12(3,4)5/h11H,6-7,9H2,1-5H3. The van der Waals surface area contributed by atoms with Crippen LogP contribution in [-0.4, -0.2) is 8.07 Å². The number of rotatable bonds is 3. The first-order valence-electron chi connectivity index (χ1n) is 4.99. The van der Waals surface area contributed by atoms with Crippen molar-refractivity contribution in [2.45, 2.75) is 52.8 Å². The highest BCUT2D eigenvalue weighted by Gasteiger charge is 2.07. The van der Waals surface area contributed by atoms with Crippen LogP contribution >= 0.6 is 0 Å². The summed E-state index contributed by atoms with van der Waals surface area (Å²) in [6.07, 6.45) is 3.66. The third-order valence-corrected chi connectivity index (χ3v) is 2.94. The van der Waals surface area contributed by atoms with Crippen LogP contribution in [0.15, 0.2) is 0 Å². The lowest BCUT2D eigenvalue weighted by Gasteiger charge is -2.08. The second kappa shape index (κ2) is 5.43. The summed E-state index contributed by atoms with van der Waals surface area (Å²) in [7, 11) is -1.11. The van der Waals surface area contributed by atoms with E-state index in [1.165, 1.54) is 12.8 Å². The van der Waals surface area contributed by atoms with E-state index in [2.05, 4.69) is 45.0 Å². The summed E-state index contributed by atoms with van der Waals surface area (Å²) in [6.45, 7) is 11.4. The molecule has 0 saturated heterocycles. The molecule has 0 fully saturated rings. The van der Waals surface area contributed by atoms with Gasteiger partial charge < -0.3 is 0 Å². The Morgan fingerprint density at radius 3 is 1.92 bits per heavy atom. The zero-order valence-electron chi connectivity index (χ0n) is 9.20. The van der Waals surface area contributed by atoms with Crippen LogP contribution in [0.5, 0.6) is 0 Å². The van der Waals surface area contributed by atoms with E-state index in [-0.39, 0.29) is 0 Å². The zero-order chi connectivity index (χ0) is 9.61. The smallest absolute Gasteiger partial charge is 0.129 e. The molecule has 0 aromatic rings. The molecule has 0 aromatic heterocycles. The van der Waals surface area contributed by atoms with Crippen molar-refractivity contribution in [1.82, 2.24) is 0 Å². The van der Waals surface area contributed by atoms with Crippen molar-refractivity contribution in [1.29, 1.82) is 0 Å². The molecule has 0 saturated carbocycles. The first kappa shape index (κ1) is 11.8.